The van der Waals surface area contributed by atoms with E-state index in [-0.39, 0.29) is 45.5 Å². The van der Waals surface area contributed by atoms with Gasteiger partial charge in [0.05, 0.1) is 15.6 Å². The molecule has 0 amide bonds. The van der Waals surface area contributed by atoms with E-state index in [1.54, 1.807) is 0 Å². The van der Waals surface area contributed by atoms with Crippen molar-refractivity contribution in [3.63, 3.8) is 0 Å². The van der Waals surface area contributed by atoms with E-state index in [1.165, 1.54) is 13.0 Å². The molecule has 1 N–H and O–H groups in total. The third-order valence-electron chi connectivity index (χ3n) is 5.02. The molecule has 184 valence electrons. The van der Waals surface area contributed by atoms with Crippen LogP contribution in [0.5, 0.6) is 5.88 Å². The van der Waals surface area contributed by atoms with Gasteiger partial charge in [-0.1, -0.05) is 11.6 Å². The van der Waals surface area contributed by atoms with E-state index in [0.29, 0.717) is 11.1 Å². The number of alkyl halides is 3. The molecule has 0 radical (unpaired) electrons. The largest absolute Gasteiger partial charge is 0.506 e. The van der Waals surface area contributed by atoms with Gasteiger partial charge in [-0.05, 0) is 25.5 Å². The van der Waals surface area contributed by atoms with E-state index in [0.717, 1.165) is 18.4 Å². The zero-order valence-corrected chi connectivity index (χ0v) is 19.6. The number of nitrogens with zero attached hydrogens (tertiary/aromatic N) is 2. The van der Waals surface area contributed by atoms with Crippen molar-refractivity contribution in [3.8, 4) is 5.88 Å². The summed E-state index contributed by atoms with van der Waals surface area (Å²) in [5, 5.41) is 14.1. The Morgan fingerprint density at radius 2 is 1.85 bits per heavy atom. The van der Waals surface area contributed by atoms with Crippen molar-refractivity contribution >= 4 is 38.8 Å². The van der Waals surface area contributed by atoms with Crippen LogP contribution < -0.4 is 4.74 Å². The highest BCUT2D eigenvalue weighted by atomic mass is 35.5. The summed E-state index contributed by atoms with van der Waals surface area (Å²) in [5.74, 6) is -2.11. The number of carbonyl (C=O) groups is 2. The van der Waals surface area contributed by atoms with Crippen LogP contribution in [0.4, 0.5) is 13.2 Å². The number of sulfone groups is 1. The summed E-state index contributed by atoms with van der Waals surface area (Å²) < 4.78 is 69.2. The van der Waals surface area contributed by atoms with Gasteiger partial charge in [0.25, 0.3) is 0 Å². The number of aliphatic hydroxyl groups is 1. The van der Waals surface area contributed by atoms with Crippen LogP contribution in [0.25, 0.3) is 5.76 Å². The Morgan fingerprint density at radius 1 is 1.24 bits per heavy atom. The number of aliphatic hydroxyl groups excluding tert-OH is 1. The zero-order chi connectivity index (χ0) is 25.4. The minimum absolute atomic E-state index is 0.0582. The lowest BCUT2D eigenvalue weighted by Gasteiger charge is -2.18. The van der Waals surface area contributed by atoms with Crippen LogP contribution >= 0.6 is 11.6 Å². The number of aromatic nitrogens is 2. The maximum Gasteiger partial charge on any atom is 0.408 e. The van der Waals surface area contributed by atoms with Crippen LogP contribution in [0.2, 0.25) is 5.02 Å². The van der Waals surface area contributed by atoms with Gasteiger partial charge in [0.2, 0.25) is 5.88 Å². The third-order valence-corrected chi connectivity index (χ3v) is 6.63. The van der Waals surface area contributed by atoms with E-state index >= 15 is 0 Å². The normalized spacial score (nSPS) is 15.1. The number of hydrogen-bond acceptors (Lipinski definition) is 7. The number of benzene rings is 1. The summed E-state index contributed by atoms with van der Waals surface area (Å²) in [6, 6.07) is 3.50. The number of ether oxygens (including phenoxy) is 1. The van der Waals surface area contributed by atoms with E-state index in [4.69, 9.17) is 16.3 Å². The van der Waals surface area contributed by atoms with Crippen LogP contribution in [-0.4, -0.2) is 47.3 Å². The van der Waals surface area contributed by atoms with Crippen molar-refractivity contribution in [3.05, 3.63) is 45.6 Å². The van der Waals surface area contributed by atoms with Crippen LogP contribution in [0.3, 0.4) is 0 Å². The molecule has 1 aromatic heterocycles. The second-order valence-electron chi connectivity index (χ2n) is 7.78. The molecule has 1 fully saturated rings. The molecule has 3 rings (SSSR count). The fourth-order valence-electron chi connectivity index (χ4n) is 3.55. The number of ketones is 2. The van der Waals surface area contributed by atoms with Crippen molar-refractivity contribution in [1.82, 2.24) is 9.78 Å². The first-order valence-electron chi connectivity index (χ1n) is 9.94. The van der Waals surface area contributed by atoms with E-state index in [9.17, 15) is 36.3 Å². The number of carbonyl (C=O) groups excluding carboxylic acids is 2. The summed E-state index contributed by atoms with van der Waals surface area (Å²) in [6.07, 6.45) is -3.22. The molecule has 0 bridgehead atoms. The van der Waals surface area contributed by atoms with E-state index < -0.39 is 52.1 Å². The van der Waals surface area contributed by atoms with Crippen molar-refractivity contribution < 1.29 is 41.0 Å². The molecule has 0 atom stereocenters. The Morgan fingerprint density at radius 3 is 2.41 bits per heavy atom. The van der Waals surface area contributed by atoms with Crippen LogP contribution in [0.15, 0.2) is 28.7 Å². The SMILES string of the molecule is Cc1cc(OCc2c(S(C)(=O)=O)ccc(C(O)=C3C(=O)CCCC3=O)c2Cl)n(CC(F)(F)F)n1. The zero-order valence-electron chi connectivity index (χ0n) is 18.1. The molecule has 34 heavy (non-hydrogen) atoms. The summed E-state index contributed by atoms with van der Waals surface area (Å²) in [7, 11) is -3.88. The number of Topliss-reactive ketones (excluding diaryl/α,β-unsaturated/α-hetero) is 2. The topological polar surface area (TPSA) is 116 Å². The Labute approximate surface area is 197 Å². The molecule has 0 saturated heterocycles. The molecule has 2 aromatic rings. The molecular weight excluding hydrogens is 501 g/mol. The second kappa shape index (κ2) is 9.41. The number of hydrogen-bond donors (Lipinski definition) is 1. The van der Waals surface area contributed by atoms with Gasteiger partial charge in [0.1, 0.15) is 24.5 Å². The summed E-state index contributed by atoms with van der Waals surface area (Å²) >= 11 is 6.38. The smallest absolute Gasteiger partial charge is 0.408 e. The van der Waals surface area contributed by atoms with Gasteiger partial charge >= 0.3 is 6.18 Å². The number of halogens is 4. The van der Waals surface area contributed by atoms with E-state index in [1.807, 2.05) is 0 Å². The first kappa shape index (κ1) is 25.8. The maximum atomic E-state index is 12.9. The van der Waals surface area contributed by atoms with Crippen molar-refractivity contribution in [2.24, 2.45) is 0 Å². The first-order chi connectivity index (χ1) is 15.7. The molecule has 13 heteroatoms. The lowest BCUT2D eigenvalue weighted by molar-refractivity contribution is -0.143. The van der Waals surface area contributed by atoms with Gasteiger partial charge in [-0.25, -0.2) is 13.1 Å². The molecule has 0 unspecified atom stereocenters. The molecule has 0 aliphatic heterocycles. The third kappa shape index (κ3) is 5.61. The summed E-state index contributed by atoms with van der Waals surface area (Å²) in [6.45, 7) is -0.569. The van der Waals surface area contributed by atoms with E-state index in [2.05, 4.69) is 5.10 Å². The van der Waals surface area contributed by atoms with Crippen LogP contribution in [0.1, 0.15) is 36.1 Å². The van der Waals surface area contributed by atoms with Crippen LogP contribution in [-0.2, 0) is 32.6 Å². The van der Waals surface area contributed by atoms with Gasteiger partial charge < -0.3 is 9.84 Å². The first-order valence-corrected chi connectivity index (χ1v) is 12.2. The highest BCUT2D eigenvalue weighted by Gasteiger charge is 2.31. The van der Waals surface area contributed by atoms with Crippen molar-refractivity contribution in [2.75, 3.05) is 6.26 Å². The minimum atomic E-state index is -4.58. The van der Waals surface area contributed by atoms with Gasteiger partial charge in [-0.2, -0.15) is 18.3 Å². The minimum Gasteiger partial charge on any atom is -0.506 e. The average molecular weight is 521 g/mol. The predicted octanol–water partition coefficient (Wildman–Crippen LogP) is 3.98. The number of aryl methyl sites for hydroxylation is 1. The Kier molecular flexibility index (Phi) is 7.13. The molecule has 0 spiro atoms. The lowest BCUT2D eigenvalue weighted by atomic mass is 9.89. The molecule has 1 heterocycles. The Balaban J connectivity index is 2.07. The molecule has 1 aliphatic carbocycles. The second-order valence-corrected chi connectivity index (χ2v) is 10.1. The predicted molar refractivity (Wildman–Crippen MR) is 115 cm³/mol. The summed E-state index contributed by atoms with van der Waals surface area (Å²) in [4.78, 5) is 24.1. The standard InChI is InChI=1S/C21H20ClF3N2O6S/c1-11-8-17(27(26-11)10-21(23,24)25)33-9-13-16(34(2,31)32)7-6-12(19(13)22)20(30)18-14(28)4-3-5-15(18)29/h6-8,30H,3-5,9-10H2,1-2H3. The molecule has 1 aromatic carbocycles. The summed E-state index contributed by atoms with van der Waals surface area (Å²) in [5.41, 5.74) is -0.529. The Bertz CT molecular complexity index is 1280. The average Bonchev–Trinajstić information content (AvgIpc) is 3.02. The Hall–Kier alpha value is -2.86. The molecule has 8 nitrogen and oxygen atoms in total. The van der Waals surface area contributed by atoms with Gasteiger partial charge in [-0.15, -0.1) is 0 Å². The van der Waals surface area contributed by atoms with Crippen molar-refractivity contribution in [2.45, 2.75) is 50.4 Å². The highest BCUT2D eigenvalue weighted by Crippen LogP contribution is 2.35. The number of rotatable bonds is 6. The highest BCUT2D eigenvalue weighted by molar-refractivity contribution is 7.90. The van der Waals surface area contributed by atoms with Gasteiger partial charge in [0.15, 0.2) is 21.4 Å². The quantitative estimate of drug-likeness (QED) is 0.348. The molecular formula is C21H20ClF3N2O6S. The molecule has 1 aliphatic rings. The van der Waals surface area contributed by atoms with Gasteiger partial charge in [-0.3, -0.25) is 9.59 Å². The number of allylic oxidation sites excluding steroid dienone is 1. The fourth-order valence-corrected chi connectivity index (χ4v) is 4.84. The lowest BCUT2D eigenvalue weighted by Crippen LogP contribution is -2.21. The van der Waals surface area contributed by atoms with Gasteiger partial charge in [0, 0.05) is 36.3 Å². The van der Waals surface area contributed by atoms with Crippen molar-refractivity contribution in [1.29, 1.82) is 0 Å². The van der Waals surface area contributed by atoms with Crippen LogP contribution in [0, 0.1) is 6.92 Å². The monoisotopic (exact) mass is 520 g/mol. The molecule has 1 saturated carbocycles. The maximum absolute atomic E-state index is 12.9. The fraction of sp³-hybridized carbons (Fsp3) is 0.381.